The number of nitrogens with one attached hydrogen (secondary N) is 1. The number of hydrogen-bond donors (Lipinski definition) is 1. The van der Waals surface area contributed by atoms with E-state index in [1.807, 2.05) is 18.7 Å². The van der Waals surface area contributed by atoms with Crippen molar-refractivity contribution in [1.29, 1.82) is 0 Å². The van der Waals surface area contributed by atoms with Gasteiger partial charge in [-0.05, 0) is 44.4 Å². The van der Waals surface area contributed by atoms with Crippen molar-refractivity contribution in [2.75, 3.05) is 6.54 Å². The quantitative estimate of drug-likeness (QED) is 0.861. The molecule has 1 aliphatic carbocycles. The third kappa shape index (κ3) is 2.84. The monoisotopic (exact) mass is 280 g/mol. The van der Waals surface area contributed by atoms with E-state index in [9.17, 15) is 9.59 Å². The van der Waals surface area contributed by atoms with Crippen LogP contribution in [0.1, 0.15) is 53.9 Å². The van der Waals surface area contributed by atoms with E-state index in [-0.39, 0.29) is 23.8 Å². The standard InChI is InChI=1S/C16H28N2O2/c1-10(2)13-14(19)17-16(4,5)15(20)18(13)9-12-7-6-11(3)8-12/h10-13H,6-9H2,1-5H3,(H,17,19). The Hall–Kier alpha value is -1.06. The van der Waals surface area contributed by atoms with E-state index in [0.29, 0.717) is 5.92 Å². The lowest BCUT2D eigenvalue weighted by atomic mass is 9.90. The smallest absolute Gasteiger partial charge is 0.248 e. The van der Waals surface area contributed by atoms with Gasteiger partial charge in [-0.2, -0.15) is 0 Å². The molecular weight excluding hydrogens is 252 g/mol. The molecule has 0 aromatic heterocycles. The van der Waals surface area contributed by atoms with Crippen LogP contribution in [0.15, 0.2) is 0 Å². The molecule has 2 amide bonds. The molecule has 2 fully saturated rings. The van der Waals surface area contributed by atoms with Crippen LogP contribution in [0, 0.1) is 17.8 Å². The molecule has 1 heterocycles. The molecule has 3 unspecified atom stereocenters. The largest absolute Gasteiger partial charge is 0.340 e. The molecule has 0 bridgehead atoms. The molecule has 1 saturated heterocycles. The molecule has 20 heavy (non-hydrogen) atoms. The Morgan fingerprint density at radius 3 is 2.45 bits per heavy atom. The lowest BCUT2D eigenvalue weighted by Crippen LogP contribution is -2.69. The van der Waals surface area contributed by atoms with Crippen molar-refractivity contribution in [3.8, 4) is 0 Å². The van der Waals surface area contributed by atoms with Crippen LogP contribution in [0.2, 0.25) is 0 Å². The first-order valence-corrected chi connectivity index (χ1v) is 7.85. The summed E-state index contributed by atoms with van der Waals surface area (Å²) in [6.07, 6.45) is 3.60. The maximum Gasteiger partial charge on any atom is 0.248 e. The second-order valence-electron chi connectivity index (χ2n) is 7.54. The summed E-state index contributed by atoms with van der Waals surface area (Å²) in [4.78, 5) is 26.9. The fourth-order valence-corrected chi connectivity index (χ4v) is 3.69. The zero-order chi connectivity index (χ0) is 15.1. The normalized spacial score (nSPS) is 33.7. The summed E-state index contributed by atoms with van der Waals surface area (Å²) in [6.45, 7) is 10.6. The third-order valence-electron chi connectivity index (χ3n) is 4.73. The average Bonchev–Trinajstić information content (AvgIpc) is 2.70. The molecule has 0 aromatic carbocycles. The SMILES string of the molecule is CC1CCC(CN2C(=O)C(C)(C)NC(=O)C2C(C)C)C1. The van der Waals surface area contributed by atoms with Crippen molar-refractivity contribution in [3.05, 3.63) is 0 Å². The summed E-state index contributed by atoms with van der Waals surface area (Å²) in [6, 6.07) is -0.313. The fourth-order valence-electron chi connectivity index (χ4n) is 3.69. The summed E-state index contributed by atoms with van der Waals surface area (Å²) < 4.78 is 0. The first kappa shape index (κ1) is 15.3. The van der Waals surface area contributed by atoms with E-state index in [2.05, 4.69) is 12.2 Å². The highest BCUT2D eigenvalue weighted by Crippen LogP contribution is 2.33. The van der Waals surface area contributed by atoms with Crippen LogP contribution in [0.5, 0.6) is 0 Å². The van der Waals surface area contributed by atoms with Gasteiger partial charge in [0.25, 0.3) is 0 Å². The van der Waals surface area contributed by atoms with E-state index in [1.165, 1.54) is 19.3 Å². The van der Waals surface area contributed by atoms with Gasteiger partial charge in [0.15, 0.2) is 0 Å². The van der Waals surface area contributed by atoms with E-state index < -0.39 is 5.54 Å². The van der Waals surface area contributed by atoms with Crippen molar-refractivity contribution in [2.45, 2.75) is 65.5 Å². The van der Waals surface area contributed by atoms with Crippen LogP contribution in [0.25, 0.3) is 0 Å². The van der Waals surface area contributed by atoms with Gasteiger partial charge < -0.3 is 10.2 Å². The van der Waals surface area contributed by atoms with Crippen molar-refractivity contribution in [3.63, 3.8) is 0 Å². The Morgan fingerprint density at radius 1 is 1.30 bits per heavy atom. The number of rotatable bonds is 3. The highest BCUT2D eigenvalue weighted by Gasteiger charge is 2.47. The Balaban J connectivity index is 2.19. The highest BCUT2D eigenvalue weighted by molar-refractivity contribution is 5.99. The van der Waals surface area contributed by atoms with E-state index in [0.717, 1.165) is 12.5 Å². The molecule has 3 atom stereocenters. The molecule has 2 rings (SSSR count). The summed E-state index contributed by atoms with van der Waals surface area (Å²) in [5, 5.41) is 2.87. The van der Waals surface area contributed by atoms with E-state index >= 15 is 0 Å². The van der Waals surface area contributed by atoms with Crippen LogP contribution in [0.4, 0.5) is 0 Å². The maximum absolute atomic E-state index is 12.7. The lowest BCUT2D eigenvalue weighted by molar-refractivity contribution is -0.156. The number of carbonyl (C=O) groups is 2. The van der Waals surface area contributed by atoms with Gasteiger partial charge in [0.05, 0.1) is 0 Å². The number of nitrogens with zero attached hydrogens (tertiary/aromatic N) is 1. The fraction of sp³-hybridized carbons (Fsp3) is 0.875. The van der Waals surface area contributed by atoms with Crippen molar-refractivity contribution in [2.24, 2.45) is 17.8 Å². The summed E-state index contributed by atoms with van der Waals surface area (Å²) in [5.74, 6) is 1.51. The average molecular weight is 280 g/mol. The van der Waals surface area contributed by atoms with Crippen LogP contribution in [-0.2, 0) is 9.59 Å². The molecule has 1 N–H and O–H groups in total. The number of amides is 2. The Morgan fingerprint density at radius 2 is 1.95 bits per heavy atom. The molecule has 0 spiro atoms. The molecule has 4 nitrogen and oxygen atoms in total. The minimum absolute atomic E-state index is 0.00403. The number of hydrogen-bond acceptors (Lipinski definition) is 2. The predicted octanol–water partition coefficient (Wildman–Crippen LogP) is 2.18. The summed E-state index contributed by atoms with van der Waals surface area (Å²) in [7, 11) is 0. The van der Waals surface area contributed by atoms with E-state index in [1.54, 1.807) is 13.8 Å². The van der Waals surface area contributed by atoms with Crippen LogP contribution in [0.3, 0.4) is 0 Å². The zero-order valence-electron chi connectivity index (χ0n) is 13.4. The summed E-state index contributed by atoms with van der Waals surface area (Å²) in [5.41, 5.74) is -0.771. The predicted molar refractivity (Wildman–Crippen MR) is 79.1 cm³/mol. The molecule has 2 aliphatic rings. The van der Waals surface area contributed by atoms with Gasteiger partial charge in [0, 0.05) is 6.54 Å². The molecule has 0 aromatic rings. The minimum Gasteiger partial charge on any atom is -0.340 e. The van der Waals surface area contributed by atoms with Crippen molar-refractivity contribution < 1.29 is 9.59 Å². The number of piperazine rings is 1. The van der Waals surface area contributed by atoms with E-state index in [4.69, 9.17) is 0 Å². The van der Waals surface area contributed by atoms with Gasteiger partial charge in [-0.3, -0.25) is 9.59 Å². The van der Waals surface area contributed by atoms with Gasteiger partial charge in [0.2, 0.25) is 11.8 Å². The molecule has 1 saturated carbocycles. The second-order valence-corrected chi connectivity index (χ2v) is 7.54. The summed E-state index contributed by atoms with van der Waals surface area (Å²) >= 11 is 0. The van der Waals surface area contributed by atoms with Crippen LogP contribution in [-0.4, -0.2) is 34.8 Å². The Kier molecular flexibility index (Phi) is 4.12. The van der Waals surface area contributed by atoms with Crippen LogP contribution < -0.4 is 5.32 Å². The second kappa shape index (κ2) is 5.38. The van der Waals surface area contributed by atoms with Crippen molar-refractivity contribution >= 4 is 11.8 Å². The Labute approximate surface area is 122 Å². The van der Waals surface area contributed by atoms with Gasteiger partial charge in [0.1, 0.15) is 11.6 Å². The Bertz CT molecular complexity index is 403. The van der Waals surface area contributed by atoms with Crippen molar-refractivity contribution in [1.82, 2.24) is 10.2 Å². The molecule has 114 valence electrons. The molecule has 1 aliphatic heterocycles. The maximum atomic E-state index is 12.7. The first-order valence-electron chi connectivity index (χ1n) is 7.85. The lowest BCUT2D eigenvalue weighted by Gasteiger charge is -2.45. The van der Waals surface area contributed by atoms with Crippen LogP contribution >= 0.6 is 0 Å². The van der Waals surface area contributed by atoms with Gasteiger partial charge in [-0.25, -0.2) is 0 Å². The molecular formula is C16H28N2O2. The topological polar surface area (TPSA) is 49.4 Å². The number of carbonyl (C=O) groups excluding carboxylic acids is 2. The van der Waals surface area contributed by atoms with Gasteiger partial charge >= 0.3 is 0 Å². The minimum atomic E-state index is -0.771. The van der Waals surface area contributed by atoms with Gasteiger partial charge in [-0.1, -0.05) is 27.2 Å². The zero-order valence-corrected chi connectivity index (χ0v) is 13.4. The highest BCUT2D eigenvalue weighted by atomic mass is 16.2. The third-order valence-corrected chi connectivity index (χ3v) is 4.73. The molecule has 0 radical (unpaired) electrons. The van der Waals surface area contributed by atoms with Gasteiger partial charge in [-0.15, -0.1) is 0 Å². The first-order chi connectivity index (χ1) is 9.22. The molecule has 4 heteroatoms.